The Morgan fingerprint density at radius 3 is 2.20 bits per heavy atom. The molecular formula is C6H10NiO3+2. The molecule has 0 aromatic carbocycles. The van der Waals surface area contributed by atoms with Gasteiger partial charge in [0, 0.05) is 0 Å². The van der Waals surface area contributed by atoms with Crippen LogP contribution in [0.5, 0.6) is 0 Å². The maximum absolute atomic E-state index is 10.4. The summed E-state index contributed by atoms with van der Waals surface area (Å²) in [4.78, 5) is 20.6. The van der Waals surface area contributed by atoms with Crippen LogP contribution in [0, 0.1) is 0 Å². The molecule has 0 heterocycles. The van der Waals surface area contributed by atoms with Crippen molar-refractivity contribution in [2.75, 3.05) is 6.61 Å². The van der Waals surface area contributed by atoms with Crippen LogP contribution in [0.3, 0.4) is 0 Å². The summed E-state index contributed by atoms with van der Waals surface area (Å²) in [7, 11) is 0. The molecule has 0 N–H and O–H groups in total. The summed E-state index contributed by atoms with van der Waals surface area (Å²) in [5.41, 5.74) is 0. The Morgan fingerprint density at radius 1 is 1.40 bits per heavy atom. The van der Waals surface area contributed by atoms with E-state index in [0.29, 0.717) is 6.61 Å². The van der Waals surface area contributed by atoms with Gasteiger partial charge in [-0.1, -0.05) is 0 Å². The zero-order chi connectivity index (χ0) is 7.28. The summed E-state index contributed by atoms with van der Waals surface area (Å²) in [6, 6.07) is 0. The van der Waals surface area contributed by atoms with Gasteiger partial charge in [-0.2, -0.15) is 0 Å². The topological polar surface area (TPSA) is 43.4 Å². The predicted molar refractivity (Wildman–Crippen MR) is 31.9 cm³/mol. The van der Waals surface area contributed by atoms with Crippen molar-refractivity contribution in [2.24, 2.45) is 0 Å². The standard InChI is InChI=1S/C6H10O3.Ni/c1-3-9-6(8)4-5(2)7;/h3-4H2,1-2H3;/q;+2. The molecule has 3 nitrogen and oxygen atoms in total. The van der Waals surface area contributed by atoms with Crippen LogP contribution >= 0.6 is 0 Å². The maximum atomic E-state index is 10.4. The molecule has 0 aromatic heterocycles. The Balaban J connectivity index is 0. The van der Waals surface area contributed by atoms with Crippen LogP contribution in [0.15, 0.2) is 0 Å². The van der Waals surface area contributed by atoms with E-state index in [1.165, 1.54) is 6.92 Å². The third-order valence-corrected chi connectivity index (χ3v) is 0.699. The van der Waals surface area contributed by atoms with E-state index in [4.69, 9.17) is 0 Å². The van der Waals surface area contributed by atoms with Gasteiger partial charge < -0.3 is 4.74 Å². The fourth-order valence-electron chi connectivity index (χ4n) is 0.415. The molecular weight excluding hydrogens is 179 g/mol. The number of hydrogen-bond donors (Lipinski definition) is 0. The van der Waals surface area contributed by atoms with E-state index in [2.05, 4.69) is 4.74 Å². The third-order valence-electron chi connectivity index (χ3n) is 0.699. The Hall–Kier alpha value is -0.366. The average Bonchev–Trinajstić information content (AvgIpc) is 1.63. The van der Waals surface area contributed by atoms with E-state index in [1.807, 2.05) is 0 Å². The summed E-state index contributed by atoms with van der Waals surface area (Å²) < 4.78 is 4.49. The van der Waals surface area contributed by atoms with Gasteiger partial charge in [-0.05, 0) is 13.8 Å². The van der Waals surface area contributed by atoms with Crippen molar-refractivity contribution in [1.82, 2.24) is 0 Å². The quantitative estimate of drug-likeness (QED) is 0.369. The average molecular weight is 189 g/mol. The van der Waals surface area contributed by atoms with E-state index < -0.39 is 5.97 Å². The number of Topliss-reactive ketones (excluding diaryl/α,β-unsaturated/α-hetero) is 1. The molecule has 0 unspecified atom stereocenters. The molecule has 0 saturated carbocycles. The first-order valence-electron chi connectivity index (χ1n) is 2.82. The fraction of sp³-hybridized carbons (Fsp3) is 0.667. The summed E-state index contributed by atoms with van der Waals surface area (Å²) in [6.45, 7) is 3.40. The van der Waals surface area contributed by atoms with Crippen molar-refractivity contribution in [2.45, 2.75) is 20.3 Å². The van der Waals surface area contributed by atoms with Crippen molar-refractivity contribution in [3.63, 3.8) is 0 Å². The van der Waals surface area contributed by atoms with E-state index in [1.54, 1.807) is 6.92 Å². The number of carbonyl (C=O) groups is 2. The molecule has 0 aliphatic heterocycles. The van der Waals surface area contributed by atoms with Crippen LogP contribution in [0.4, 0.5) is 0 Å². The Kier molecular flexibility index (Phi) is 8.32. The van der Waals surface area contributed by atoms with Gasteiger partial charge in [-0.15, -0.1) is 0 Å². The minimum Gasteiger partial charge on any atom is -0.466 e. The van der Waals surface area contributed by atoms with Crippen molar-refractivity contribution >= 4 is 11.8 Å². The van der Waals surface area contributed by atoms with Crippen molar-refractivity contribution in [1.29, 1.82) is 0 Å². The number of ketones is 1. The van der Waals surface area contributed by atoms with E-state index in [0.717, 1.165) is 0 Å². The van der Waals surface area contributed by atoms with Gasteiger partial charge in [0.2, 0.25) is 0 Å². The van der Waals surface area contributed by atoms with Gasteiger partial charge in [-0.3, -0.25) is 9.59 Å². The summed E-state index contributed by atoms with van der Waals surface area (Å²) in [5.74, 6) is -0.599. The normalized spacial score (nSPS) is 7.80. The summed E-state index contributed by atoms with van der Waals surface area (Å²) >= 11 is 0. The molecule has 0 atom stereocenters. The molecule has 0 radical (unpaired) electrons. The molecule has 10 heavy (non-hydrogen) atoms. The molecule has 0 aromatic rings. The SMILES string of the molecule is CCOC(=O)CC(C)=O.[Ni+2]. The third kappa shape index (κ3) is 7.63. The second-order valence-electron chi connectivity index (χ2n) is 1.68. The van der Waals surface area contributed by atoms with Crippen molar-refractivity contribution in [3.05, 3.63) is 0 Å². The second kappa shape index (κ2) is 6.75. The van der Waals surface area contributed by atoms with Gasteiger partial charge in [0.1, 0.15) is 12.2 Å². The minimum atomic E-state index is -0.440. The number of hydrogen-bond acceptors (Lipinski definition) is 3. The van der Waals surface area contributed by atoms with Gasteiger partial charge >= 0.3 is 22.5 Å². The fourth-order valence-corrected chi connectivity index (χ4v) is 0.415. The van der Waals surface area contributed by atoms with Crippen LogP contribution < -0.4 is 0 Å². The van der Waals surface area contributed by atoms with Gasteiger partial charge in [0.15, 0.2) is 0 Å². The Bertz CT molecular complexity index is 122. The van der Waals surface area contributed by atoms with E-state index in [9.17, 15) is 9.59 Å². The molecule has 4 heteroatoms. The molecule has 0 fully saturated rings. The molecule has 0 bridgehead atoms. The number of esters is 1. The Morgan fingerprint density at radius 2 is 1.90 bits per heavy atom. The zero-order valence-electron chi connectivity index (χ0n) is 5.96. The van der Waals surface area contributed by atoms with Crippen LogP contribution in [0.25, 0.3) is 0 Å². The zero-order valence-corrected chi connectivity index (χ0v) is 6.94. The first-order chi connectivity index (χ1) is 4.16. The smallest absolute Gasteiger partial charge is 0.466 e. The first-order valence-corrected chi connectivity index (χ1v) is 2.82. The number of ether oxygens (including phenoxy) is 1. The van der Waals surface area contributed by atoms with Crippen LogP contribution in [0.2, 0.25) is 0 Å². The molecule has 0 spiro atoms. The molecule has 0 aliphatic carbocycles. The van der Waals surface area contributed by atoms with Crippen molar-refractivity contribution in [3.8, 4) is 0 Å². The summed E-state index contributed by atoms with van der Waals surface area (Å²) in [6.07, 6.45) is -0.103. The number of carbonyl (C=O) groups excluding carboxylic acids is 2. The second-order valence-corrected chi connectivity index (χ2v) is 1.68. The van der Waals surface area contributed by atoms with Gasteiger partial charge in [0.25, 0.3) is 0 Å². The van der Waals surface area contributed by atoms with Gasteiger partial charge in [-0.25, -0.2) is 0 Å². The van der Waals surface area contributed by atoms with E-state index in [-0.39, 0.29) is 28.7 Å². The van der Waals surface area contributed by atoms with Crippen LogP contribution in [0.1, 0.15) is 20.3 Å². The van der Waals surface area contributed by atoms with Crippen molar-refractivity contribution < 1.29 is 30.8 Å². The number of rotatable bonds is 3. The first kappa shape index (κ1) is 12.3. The molecule has 0 aliphatic rings. The van der Waals surface area contributed by atoms with E-state index >= 15 is 0 Å². The molecule has 60 valence electrons. The largest absolute Gasteiger partial charge is 2.00 e. The molecule has 0 rings (SSSR count). The van der Waals surface area contributed by atoms with Crippen LogP contribution in [-0.4, -0.2) is 18.4 Å². The summed E-state index contributed by atoms with van der Waals surface area (Å²) in [5, 5.41) is 0. The monoisotopic (exact) mass is 188 g/mol. The molecule has 0 saturated heterocycles. The predicted octanol–water partition coefficient (Wildman–Crippen LogP) is 0.526. The Labute approximate surface area is 70.0 Å². The van der Waals surface area contributed by atoms with Gasteiger partial charge in [0.05, 0.1) is 6.61 Å². The molecule has 0 amide bonds. The van der Waals surface area contributed by atoms with Crippen LogP contribution in [-0.2, 0) is 30.8 Å². The maximum Gasteiger partial charge on any atom is 2.00 e. The minimum absolute atomic E-state index is 0.